The van der Waals surface area contributed by atoms with Crippen molar-refractivity contribution in [2.24, 2.45) is 0 Å². The largest absolute Gasteiger partial charge is 0.265 e. The van der Waals surface area contributed by atoms with Gasteiger partial charge in [-0.2, -0.15) is 9.40 Å². The summed E-state index contributed by atoms with van der Waals surface area (Å²) >= 11 is 12.0. The molecule has 2 rings (SSSR count). The highest BCUT2D eigenvalue weighted by Crippen LogP contribution is 2.28. The van der Waals surface area contributed by atoms with Crippen LogP contribution < -0.4 is 0 Å². The number of hydrogen-bond acceptors (Lipinski definition) is 3. The van der Waals surface area contributed by atoms with Crippen LogP contribution in [0, 0.1) is 13.8 Å². The minimum Gasteiger partial charge on any atom is -0.265 e. The Bertz CT molecular complexity index is 876. The van der Waals surface area contributed by atoms with Crippen molar-refractivity contribution in [1.82, 2.24) is 14.1 Å². The summed E-state index contributed by atoms with van der Waals surface area (Å²) in [5.41, 5.74) is 2.56. The third-order valence-corrected chi connectivity index (χ3v) is 6.32. The molecular formula is C16H19Cl2N3O2S. The molecule has 24 heavy (non-hydrogen) atoms. The van der Waals surface area contributed by atoms with E-state index in [1.807, 2.05) is 13.8 Å². The summed E-state index contributed by atoms with van der Waals surface area (Å²) in [6.07, 6.45) is 1.75. The monoisotopic (exact) mass is 387 g/mol. The van der Waals surface area contributed by atoms with Crippen LogP contribution in [0.5, 0.6) is 0 Å². The number of hydrogen-bond donors (Lipinski definition) is 0. The fourth-order valence-corrected chi connectivity index (χ4v) is 4.29. The molecule has 0 N–H and O–H groups in total. The number of rotatable bonds is 6. The van der Waals surface area contributed by atoms with Crippen LogP contribution >= 0.6 is 23.2 Å². The number of aromatic nitrogens is 2. The Morgan fingerprint density at radius 1 is 1.33 bits per heavy atom. The van der Waals surface area contributed by atoms with Crippen LogP contribution in [0.2, 0.25) is 10.0 Å². The molecule has 0 fully saturated rings. The van der Waals surface area contributed by atoms with Crippen molar-refractivity contribution in [3.63, 3.8) is 0 Å². The molecule has 0 amide bonds. The zero-order valence-corrected chi connectivity index (χ0v) is 16.1. The van der Waals surface area contributed by atoms with Crippen LogP contribution in [-0.2, 0) is 23.1 Å². The van der Waals surface area contributed by atoms with Crippen LogP contribution in [0.3, 0.4) is 0 Å². The van der Waals surface area contributed by atoms with Gasteiger partial charge in [0, 0.05) is 29.9 Å². The topological polar surface area (TPSA) is 55.2 Å². The van der Waals surface area contributed by atoms with E-state index in [-0.39, 0.29) is 16.5 Å². The Labute approximate surface area is 152 Å². The quantitative estimate of drug-likeness (QED) is 0.707. The fourth-order valence-electron chi connectivity index (χ4n) is 2.41. The van der Waals surface area contributed by atoms with E-state index in [9.17, 15) is 8.42 Å². The fraction of sp³-hybridized carbons (Fsp3) is 0.312. The Kier molecular flexibility index (Phi) is 5.75. The molecule has 0 aliphatic carbocycles. The van der Waals surface area contributed by atoms with Crippen molar-refractivity contribution in [2.45, 2.75) is 31.8 Å². The molecule has 0 saturated heterocycles. The van der Waals surface area contributed by atoms with Gasteiger partial charge in [0.1, 0.15) is 4.90 Å². The lowest BCUT2D eigenvalue weighted by Gasteiger charge is -2.18. The Morgan fingerprint density at radius 3 is 2.62 bits per heavy atom. The lowest BCUT2D eigenvalue weighted by atomic mass is 10.2. The first-order valence-electron chi connectivity index (χ1n) is 7.23. The third-order valence-electron chi connectivity index (χ3n) is 3.80. The van der Waals surface area contributed by atoms with Gasteiger partial charge < -0.3 is 0 Å². The Morgan fingerprint density at radius 2 is 2.00 bits per heavy atom. The Hall–Kier alpha value is -1.34. The summed E-state index contributed by atoms with van der Waals surface area (Å²) in [6.45, 7) is 8.23. The molecule has 8 heteroatoms. The molecule has 0 unspecified atom stereocenters. The SMILES string of the molecule is C=CCn1nc(C)c(CN(C)S(=O)(=O)c2cc(Cl)ccc2Cl)c1C. The zero-order chi connectivity index (χ0) is 18.1. The van der Waals surface area contributed by atoms with Crippen molar-refractivity contribution in [3.8, 4) is 0 Å². The molecule has 130 valence electrons. The van der Waals surface area contributed by atoms with Gasteiger partial charge in [-0.1, -0.05) is 29.3 Å². The van der Waals surface area contributed by atoms with E-state index < -0.39 is 10.0 Å². The van der Waals surface area contributed by atoms with Gasteiger partial charge in [-0.05, 0) is 32.0 Å². The minimum absolute atomic E-state index is 0.00652. The third kappa shape index (κ3) is 3.67. The number of allylic oxidation sites excluding steroid dienone is 1. The highest BCUT2D eigenvalue weighted by molar-refractivity contribution is 7.89. The number of aryl methyl sites for hydroxylation is 1. The highest BCUT2D eigenvalue weighted by atomic mass is 35.5. The van der Waals surface area contributed by atoms with Gasteiger partial charge >= 0.3 is 0 Å². The second-order valence-corrected chi connectivity index (χ2v) is 8.31. The first-order chi connectivity index (χ1) is 11.2. The predicted octanol–water partition coefficient (Wildman–Crippen LogP) is 3.81. The average molecular weight is 388 g/mol. The molecule has 0 aliphatic rings. The molecule has 2 aromatic rings. The van der Waals surface area contributed by atoms with Crippen molar-refractivity contribution >= 4 is 33.2 Å². The number of nitrogens with zero attached hydrogens (tertiary/aromatic N) is 3. The molecule has 1 aromatic carbocycles. The van der Waals surface area contributed by atoms with E-state index in [1.165, 1.54) is 23.5 Å². The van der Waals surface area contributed by atoms with E-state index in [1.54, 1.807) is 16.8 Å². The van der Waals surface area contributed by atoms with Gasteiger partial charge in [-0.15, -0.1) is 6.58 Å². The van der Waals surface area contributed by atoms with E-state index in [4.69, 9.17) is 23.2 Å². The smallest absolute Gasteiger partial charge is 0.244 e. The summed E-state index contributed by atoms with van der Waals surface area (Å²) in [5, 5.41) is 4.87. The first-order valence-corrected chi connectivity index (χ1v) is 9.43. The predicted molar refractivity (Wildman–Crippen MR) is 97.0 cm³/mol. The lowest BCUT2D eigenvalue weighted by molar-refractivity contribution is 0.465. The Balaban J connectivity index is 2.37. The summed E-state index contributed by atoms with van der Waals surface area (Å²) in [5.74, 6) is 0. The molecule has 0 radical (unpaired) electrons. The summed E-state index contributed by atoms with van der Waals surface area (Å²) in [4.78, 5) is -0.00652. The molecule has 0 spiro atoms. The summed E-state index contributed by atoms with van der Waals surface area (Å²) in [7, 11) is -2.26. The summed E-state index contributed by atoms with van der Waals surface area (Å²) < 4.78 is 28.7. The highest BCUT2D eigenvalue weighted by Gasteiger charge is 2.26. The minimum atomic E-state index is -3.77. The standard InChI is InChI=1S/C16H19Cl2N3O2S/c1-5-8-21-12(3)14(11(2)19-21)10-20(4)24(22,23)16-9-13(17)6-7-15(16)18/h5-7,9H,1,8,10H2,2-4H3. The van der Waals surface area contributed by atoms with Gasteiger partial charge in [0.2, 0.25) is 10.0 Å². The second-order valence-electron chi connectivity index (χ2n) is 5.46. The lowest BCUT2D eigenvalue weighted by Crippen LogP contribution is -2.27. The maximum atomic E-state index is 12.8. The molecule has 0 bridgehead atoms. The van der Waals surface area contributed by atoms with Crippen molar-refractivity contribution in [1.29, 1.82) is 0 Å². The molecule has 0 saturated carbocycles. The van der Waals surface area contributed by atoms with Crippen LogP contribution in [-0.4, -0.2) is 29.6 Å². The van der Waals surface area contributed by atoms with Gasteiger partial charge in [-0.3, -0.25) is 4.68 Å². The molecule has 5 nitrogen and oxygen atoms in total. The van der Waals surface area contributed by atoms with Gasteiger partial charge in [-0.25, -0.2) is 8.42 Å². The molecule has 0 aliphatic heterocycles. The first kappa shape index (κ1) is 19.0. The van der Waals surface area contributed by atoms with Gasteiger partial charge in [0.25, 0.3) is 0 Å². The maximum absolute atomic E-state index is 12.8. The van der Waals surface area contributed by atoms with Crippen molar-refractivity contribution in [3.05, 3.63) is 57.9 Å². The molecule has 0 atom stereocenters. The van der Waals surface area contributed by atoms with Gasteiger partial charge in [0.15, 0.2) is 0 Å². The zero-order valence-electron chi connectivity index (χ0n) is 13.8. The summed E-state index contributed by atoms with van der Waals surface area (Å²) in [6, 6.07) is 4.39. The van der Waals surface area contributed by atoms with E-state index in [2.05, 4.69) is 11.7 Å². The van der Waals surface area contributed by atoms with Crippen LogP contribution in [0.4, 0.5) is 0 Å². The molecule has 1 aromatic heterocycles. The number of benzene rings is 1. The number of sulfonamides is 1. The second kappa shape index (κ2) is 7.27. The van der Waals surface area contributed by atoms with E-state index >= 15 is 0 Å². The van der Waals surface area contributed by atoms with Crippen LogP contribution in [0.15, 0.2) is 35.7 Å². The van der Waals surface area contributed by atoms with E-state index in [0.29, 0.717) is 11.6 Å². The van der Waals surface area contributed by atoms with Crippen molar-refractivity contribution in [2.75, 3.05) is 7.05 Å². The normalized spacial score (nSPS) is 11.9. The van der Waals surface area contributed by atoms with E-state index in [0.717, 1.165) is 17.0 Å². The van der Waals surface area contributed by atoms with Gasteiger partial charge in [0.05, 0.1) is 17.3 Å². The number of halogens is 2. The van der Waals surface area contributed by atoms with Crippen LogP contribution in [0.1, 0.15) is 17.0 Å². The molecule has 1 heterocycles. The van der Waals surface area contributed by atoms with Crippen LogP contribution in [0.25, 0.3) is 0 Å². The average Bonchev–Trinajstić information content (AvgIpc) is 2.77. The van der Waals surface area contributed by atoms with Crippen molar-refractivity contribution < 1.29 is 8.42 Å². The molecular weight excluding hydrogens is 369 g/mol. The maximum Gasteiger partial charge on any atom is 0.244 e.